The molecule has 0 fully saturated rings. The van der Waals surface area contributed by atoms with Gasteiger partial charge in [-0.15, -0.1) is 10.2 Å². The molecule has 0 aliphatic rings. The fourth-order valence-corrected chi connectivity index (χ4v) is 2.67. The fraction of sp³-hybridized carbons (Fsp3) is 0.0588. The lowest BCUT2D eigenvalue weighted by Gasteiger charge is -2.06. The molecule has 0 saturated heterocycles. The number of aromatic amines is 1. The lowest BCUT2D eigenvalue weighted by atomic mass is 10.1. The lowest BCUT2D eigenvalue weighted by molar-refractivity contribution is 0.626. The van der Waals surface area contributed by atoms with Crippen LogP contribution in [0.1, 0.15) is 11.4 Å². The molecule has 2 aromatic carbocycles. The van der Waals surface area contributed by atoms with Crippen molar-refractivity contribution < 1.29 is 4.39 Å². The Labute approximate surface area is 126 Å². The molecule has 4 nitrogen and oxygen atoms in total. The van der Waals surface area contributed by atoms with Crippen LogP contribution in [-0.4, -0.2) is 19.7 Å². The summed E-state index contributed by atoms with van der Waals surface area (Å²) in [6.07, 6.45) is 4.22. The SMILES string of the molecule is Fc1cccc(-n2cnnc2Cc2c[nH]c3ccccc23)c1. The second kappa shape index (κ2) is 5.11. The van der Waals surface area contributed by atoms with Gasteiger partial charge in [-0.1, -0.05) is 24.3 Å². The van der Waals surface area contributed by atoms with E-state index in [1.807, 2.05) is 35.0 Å². The zero-order valence-corrected chi connectivity index (χ0v) is 11.7. The molecule has 1 N–H and O–H groups in total. The molecular formula is C17H13FN4. The topological polar surface area (TPSA) is 46.5 Å². The first kappa shape index (κ1) is 12.8. The van der Waals surface area contributed by atoms with Crippen LogP contribution in [-0.2, 0) is 6.42 Å². The highest BCUT2D eigenvalue weighted by molar-refractivity contribution is 5.83. The van der Waals surface area contributed by atoms with Crippen LogP contribution in [0.2, 0.25) is 0 Å². The molecule has 2 heterocycles. The summed E-state index contributed by atoms with van der Waals surface area (Å²) >= 11 is 0. The molecular weight excluding hydrogens is 279 g/mol. The molecule has 0 amide bonds. The molecule has 108 valence electrons. The number of hydrogen-bond acceptors (Lipinski definition) is 2. The zero-order valence-electron chi connectivity index (χ0n) is 11.7. The van der Waals surface area contributed by atoms with Gasteiger partial charge in [0, 0.05) is 23.5 Å². The van der Waals surface area contributed by atoms with Crippen molar-refractivity contribution in [2.24, 2.45) is 0 Å². The summed E-state index contributed by atoms with van der Waals surface area (Å²) in [7, 11) is 0. The van der Waals surface area contributed by atoms with Gasteiger partial charge in [0.2, 0.25) is 0 Å². The smallest absolute Gasteiger partial charge is 0.141 e. The van der Waals surface area contributed by atoms with Gasteiger partial charge >= 0.3 is 0 Å². The highest BCUT2D eigenvalue weighted by Crippen LogP contribution is 2.21. The molecule has 0 atom stereocenters. The number of nitrogens with one attached hydrogen (secondary N) is 1. The van der Waals surface area contributed by atoms with E-state index < -0.39 is 0 Å². The maximum absolute atomic E-state index is 13.4. The summed E-state index contributed by atoms with van der Waals surface area (Å²) in [5.74, 6) is 0.500. The van der Waals surface area contributed by atoms with Crippen molar-refractivity contribution in [3.05, 3.63) is 78.3 Å². The summed E-state index contributed by atoms with van der Waals surface area (Å²) in [6, 6.07) is 14.5. The summed E-state index contributed by atoms with van der Waals surface area (Å²) < 4.78 is 15.2. The summed E-state index contributed by atoms with van der Waals surface area (Å²) in [5.41, 5.74) is 2.95. The number of aromatic nitrogens is 4. The Kier molecular flexibility index (Phi) is 2.96. The monoisotopic (exact) mass is 292 g/mol. The second-order valence-electron chi connectivity index (χ2n) is 5.13. The zero-order chi connectivity index (χ0) is 14.9. The standard InChI is InChI=1S/C17H13FN4/c18-13-4-3-5-14(9-13)22-11-20-21-17(22)8-12-10-19-16-7-2-1-6-15(12)16/h1-7,9-11,19H,8H2. The largest absolute Gasteiger partial charge is 0.361 e. The highest BCUT2D eigenvalue weighted by atomic mass is 19.1. The minimum atomic E-state index is -0.274. The third kappa shape index (κ3) is 2.16. The average Bonchev–Trinajstić information content (AvgIpc) is 3.15. The van der Waals surface area contributed by atoms with E-state index in [2.05, 4.69) is 21.2 Å². The van der Waals surface area contributed by atoms with E-state index in [0.717, 1.165) is 28.0 Å². The van der Waals surface area contributed by atoms with E-state index in [0.29, 0.717) is 6.42 Å². The van der Waals surface area contributed by atoms with Crippen molar-refractivity contribution >= 4 is 10.9 Å². The van der Waals surface area contributed by atoms with E-state index in [9.17, 15) is 4.39 Å². The molecule has 22 heavy (non-hydrogen) atoms. The summed E-state index contributed by atoms with van der Waals surface area (Å²) in [5, 5.41) is 9.31. The van der Waals surface area contributed by atoms with Gasteiger partial charge in [-0.05, 0) is 29.8 Å². The quantitative estimate of drug-likeness (QED) is 0.628. The first-order chi connectivity index (χ1) is 10.8. The molecule has 0 spiro atoms. The van der Waals surface area contributed by atoms with Crippen molar-refractivity contribution in [3.63, 3.8) is 0 Å². The Morgan fingerprint density at radius 2 is 2.00 bits per heavy atom. The van der Waals surface area contributed by atoms with Crippen molar-refractivity contribution in [1.82, 2.24) is 19.7 Å². The minimum Gasteiger partial charge on any atom is -0.361 e. The van der Waals surface area contributed by atoms with E-state index in [1.54, 1.807) is 12.4 Å². The van der Waals surface area contributed by atoms with Gasteiger partial charge in [-0.25, -0.2) is 4.39 Å². The Hall–Kier alpha value is -2.95. The van der Waals surface area contributed by atoms with Gasteiger partial charge in [-0.2, -0.15) is 0 Å². The second-order valence-corrected chi connectivity index (χ2v) is 5.13. The van der Waals surface area contributed by atoms with E-state index in [4.69, 9.17) is 0 Å². The Morgan fingerprint density at radius 1 is 1.09 bits per heavy atom. The van der Waals surface area contributed by atoms with Gasteiger partial charge in [0.1, 0.15) is 18.0 Å². The number of nitrogens with zero attached hydrogens (tertiary/aromatic N) is 3. The lowest BCUT2D eigenvalue weighted by Crippen LogP contribution is -2.01. The molecule has 0 bridgehead atoms. The van der Waals surface area contributed by atoms with Crippen LogP contribution in [0.3, 0.4) is 0 Å². The molecule has 0 aliphatic heterocycles. The van der Waals surface area contributed by atoms with Crippen molar-refractivity contribution in [1.29, 1.82) is 0 Å². The number of H-pyrrole nitrogens is 1. The highest BCUT2D eigenvalue weighted by Gasteiger charge is 2.11. The van der Waals surface area contributed by atoms with Crippen molar-refractivity contribution in [2.45, 2.75) is 6.42 Å². The molecule has 0 radical (unpaired) electrons. The minimum absolute atomic E-state index is 0.274. The van der Waals surface area contributed by atoms with Crippen LogP contribution in [0.4, 0.5) is 4.39 Å². The number of hydrogen-bond donors (Lipinski definition) is 1. The van der Waals surface area contributed by atoms with Crippen LogP contribution in [0.15, 0.2) is 61.1 Å². The van der Waals surface area contributed by atoms with Crippen LogP contribution in [0, 0.1) is 5.82 Å². The molecule has 0 aliphatic carbocycles. The molecule has 0 saturated carbocycles. The summed E-state index contributed by atoms with van der Waals surface area (Å²) in [6.45, 7) is 0. The fourth-order valence-electron chi connectivity index (χ4n) is 2.67. The average molecular weight is 292 g/mol. The van der Waals surface area contributed by atoms with E-state index in [-0.39, 0.29) is 5.82 Å². The first-order valence-electron chi connectivity index (χ1n) is 7.01. The maximum Gasteiger partial charge on any atom is 0.141 e. The van der Waals surface area contributed by atoms with Gasteiger partial charge in [0.15, 0.2) is 0 Å². The number of benzene rings is 2. The van der Waals surface area contributed by atoms with E-state index in [1.165, 1.54) is 12.1 Å². The number of fused-ring (bicyclic) bond motifs is 1. The Bertz CT molecular complexity index is 938. The number of rotatable bonds is 3. The van der Waals surface area contributed by atoms with Gasteiger partial charge in [0.05, 0.1) is 5.69 Å². The number of halogens is 1. The van der Waals surface area contributed by atoms with Crippen LogP contribution < -0.4 is 0 Å². The normalized spacial score (nSPS) is 11.1. The van der Waals surface area contributed by atoms with Crippen LogP contribution >= 0.6 is 0 Å². The van der Waals surface area contributed by atoms with Crippen molar-refractivity contribution in [3.8, 4) is 5.69 Å². The molecule has 2 aromatic heterocycles. The van der Waals surface area contributed by atoms with Crippen molar-refractivity contribution in [2.75, 3.05) is 0 Å². The molecule has 4 aromatic rings. The van der Waals surface area contributed by atoms with Crippen LogP contribution in [0.25, 0.3) is 16.6 Å². The molecule has 5 heteroatoms. The predicted molar refractivity (Wildman–Crippen MR) is 82.4 cm³/mol. The van der Waals surface area contributed by atoms with Crippen LogP contribution in [0.5, 0.6) is 0 Å². The third-order valence-electron chi connectivity index (χ3n) is 3.73. The molecule has 0 unspecified atom stereocenters. The van der Waals surface area contributed by atoms with E-state index >= 15 is 0 Å². The van der Waals surface area contributed by atoms with Gasteiger partial charge in [-0.3, -0.25) is 4.57 Å². The molecule has 4 rings (SSSR count). The Balaban J connectivity index is 1.74. The first-order valence-corrected chi connectivity index (χ1v) is 7.01. The third-order valence-corrected chi connectivity index (χ3v) is 3.73. The predicted octanol–water partition coefficient (Wildman–Crippen LogP) is 3.48. The maximum atomic E-state index is 13.4. The van der Waals surface area contributed by atoms with Gasteiger partial charge in [0.25, 0.3) is 0 Å². The number of para-hydroxylation sites is 1. The summed E-state index contributed by atoms with van der Waals surface area (Å²) in [4.78, 5) is 3.25. The Morgan fingerprint density at radius 3 is 2.91 bits per heavy atom. The van der Waals surface area contributed by atoms with Gasteiger partial charge < -0.3 is 4.98 Å².